The van der Waals surface area contributed by atoms with Gasteiger partial charge in [0, 0.05) is 22.5 Å². The highest BCUT2D eigenvalue weighted by Gasteiger charge is 2.44. The number of hydrogen-bond acceptors (Lipinski definition) is 3. The number of carbonyl (C=O) groups is 1. The molecule has 0 aromatic heterocycles. The summed E-state index contributed by atoms with van der Waals surface area (Å²) < 4.78 is 12.0. The molecule has 0 amide bonds. The molecule has 2 aliphatic heterocycles. The largest absolute Gasteiger partial charge is 0.371 e. The number of fused-ring (bicyclic) bond motifs is 2. The van der Waals surface area contributed by atoms with Crippen LogP contribution in [0.4, 0.5) is 0 Å². The SMILES string of the molecule is CC[C@H](Br)[C@H]1C[C@@H](Br)[C@H]2C[C@@H](O1)[C@@H](CC=O)O2. The first-order chi connectivity index (χ1) is 8.15. The van der Waals surface area contributed by atoms with Gasteiger partial charge in [-0.2, -0.15) is 0 Å². The van der Waals surface area contributed by atoms with Gasteiger partial charge in [0.1, 0.15) is 6.29 Å². The van der Waals surface area contributed by atoms with Gasteiger partial charge in [-0.3, -0.25) is 0 Å². The van der Waals surface area contributed by atoms with Crippen LogP contribution in [0.25, 0.3) is 0 Å². The molecule has 0 saturated carbocycles. The quantitative estimate of drug-likeness (QED) is 0.564. The van der Waals surface area contributed by atoms with E-state index in [2.05, 4.69) is 38.8 Å². The number of aldehydes is 1. The minimum atomic E-state index is -0.0584. The van der Waals surface area contributed by atoms with Gasteiger partial charge in [-0.15, -0.1) is 0 Å². The summed E-state index contributed by atoms with van der Waals surface area (Å²) in [6, 6.07) is 0. The van der Waals surface area contributed by atoms with Crippen LogP contribution in [0.5, 0.6) is 0 Å². The van der Waals surface area contributed by atoms with Gasteiger partial charge in [-0.1, -0.05) is 38.8 Å². The predicted molar refractivity (Wildman–Crippen MR) is 73.0 cm³/mol. The summed E-state index contributed by atoms with van der Waals surface area (Å²) >= 11 is 7.37. The molecule has 2 fully saturated rings. The lowest BCUT2D eigenvalue weighted by atomic mass is 10.1. The number of rotatable bonds is 4. The second-order valence-electron chi connectivity index (χ2n) is 4.74. The lowest BCUT2D eigenvalue weighted by molar-refractivity contribution is -0.115. The van der Waals surface area contributed by atoms with Gasteiger partial charge in [0.25, 0.3) is 0 Å². The molecule has 0 N–H and O–H groups in total. The summed E-state index contributed by atoms with van der Waals surface area (Å²) in [5.41, 5.74) is 0. The fourth-order valence-corrected chi connectivity index (χ4v) is 3.63. The van der Waals surface area contributed by atoms with Gasteiger partial charge < -0.3 is 14.3 Å². The van der Waals surface area contributed by atoms with Gasteiger partial charge in [0.15, 0.2) is 0 Å². The van der Waals surface area contributed by atoms with E-state index < -0.39 is 0 Å². The van der Waals surface area contributed by atoms with E-state index in [4.69, 9.17) is 9.47 Å². The maximum absolute atomic E-state index is 10.6. The van der Waals surface area contributed by atoms with Gasteiger partial charge in [0.05, 0.1) is 24.4 Å². The second-order valence-corrected chi connectivity index (χ2v) is 7.09. The van der Waals surface area contributed by atoms with Crippen molar-refractivity contribution < 1.29 is 14.3 Å². The van der Waals surface area contributed by atoms with Gasteiger partial charge in [-0.05, 0) is 12.8 Å². The highest BCUT2D eigenvalue weighted by molar-refractivity contribution is 9.09. The Labute approximate surface area is 119 Å². The smallest absolute Gasteiger partial charge is 0.122 e. The topological polar surface area (TPSA) is 35.5 Å². The van der Waals surface area contributed by atoms with E-state index >= 15 is 0 Å². The second kappa shape index (κ2) is 6.13. The number of hydrogen-bond donors (Lipinski definition) is 0. The average molecular weight is 370 g/mol. The molecular formula is C12H18Br2O3. The molecule has 0 aromatic rings. The molecule has 0 unspecified atom stereocenters. The summed E-state index contributed by atoms with van der Waals surface area (Å²) in [6.07, 6.45) is 4.67. The monoisotopic (exact) mass is 368 g/mol. The Morgan fingerprint density at radius 2 is 2.12 bits per heavy atom. The van der Waals surface area contributed by atoms with Crippen LogP contribution in [0.15, 0.2) is 0 Å². The van der Waals surface area contributed by atoms with Crippen LogP contribution in [0.2, 0.25) is 0 Å². The van der Waals surface area contributed by atoms with Crippen molar-refractivity contribution in [1.82, 2.24) is 0 Å². The van der Waals surface area contributed by atoms with Crippen LogP contribution in [0.1, 0.15) is 32.6 Å². The molecule has 2 saturated heterocycles. The van der Waals surface area contributed by atoms with Crippen molar-refractivity contribution in [2.24, 2.45) is 0 Å². The normalized spacial score (nSPS) is 43.1. The van der Waals surface area contributed by atoms with Crippen molar-refractivity contribution in [3.05, 3.63) is 0 Å². The lowest BCUT2D eigenvalue weighted by Gasteiger charge is -2.30. The zero-order valence-electron chi connectivity index (χ0n) is 9.85. The number of alkyl halides is 2. The van der Waals surface area contributed by atoms with E-state index in [1.807, 2.05) is 0 Å². The number of ether oxygens (including phenoxy) is 2. The van der Waals surface area contributed by atoms with Crippen molar-refractivity contribution in [3.8, 4) is 0 Å². The van der Waals surface area contributed by atoms with Crippen molar-refractivity contribution >= 4 is 38.1 Å². The first-order valence-electron chi connectivity index (χ1n) is 6.18. The number of carbonyl (C=O) groups excluding carboxylic acids is 1. The molecule has 0 radical (unpaired) electrons. The fourth-order valence-electron chi connectivity index (χ4n) is 2.58. The van der Waals surface area contributed by atoms with E-state index in [1.54, 1.807) is 0 Å². The molecule has 3 nitrogen and oxygen atoms in total. The Morgan fingerprint density at radius 1 is 1.35 bits per heavy atom. The molecular weight excluding hydrogens is 352 g/mol. The van der Waals surface area contributed by atoms with E-state index in [9.17, 15) is 4.79 Å². The van der Waals surface area contributed by atoms with Crippen LogP contribution < -0.4 is 0 Å². The maximum atomic E-state index is 10.6. The third-order valence-corrected chi connectivity index (χ3v) is 5.76. The molecule has 17 heavy (non-hydrogen) atoms. The van der Waals surface area contributed by atoms with Gasteiger partial charge in [0.2, 0.25) is 0 Å². The molecule has 5 heteroatoms. The molecule has 98 valence electrons. The van der Waals surface area contributed by atoms with Gasteiger partial charge in [-0.25, -0.2) is 0 Å². The minimum absolute atomic E-state index is 0.0584. The first kappa shape index (κ1) is 14.0. The van der Waals surface area contributed by atoms with Crippen LogP contribution >= 0.6 is 31.9 Å². The zero-order valence-corrected chi connectivity index (χ0v) is 13.0. The van der Waals surface area contributed by atoms with E-state index in [0.29, 0.717) is 16.1 Å². The maximum Gasteiger partial charge on any atom is 0.122 e. The third-order valence-electron chi connectivity index (χ3n) is 3.56. The van der Waals surface area contributed by atoms with Crippen LogP contribution in [-0.2, 0) is 14.3 Å². The Balaban J connectivity index is 2.06. The molecule has 6 atom stereocenters. The van der Waals surface area contributed by atoms with E-state index in [1.165, 1.54) is 0 Å². The Kier molecular flexibility index (Phi) is 5.04. The van der Waals surface area contributed by atoms with Crippen molar-refractivity contribution in [2.75, 3.05) is 0 Å². The molecule has 2 bridgehead atoms. The molecule has 0 aromatic carbocycles. The van der Waals surface area contributed by atoms with Crippen molar-refractivity contribution in [3.63, 3.8) is 0 Å². The minimum Gasteiger partial charge on any atom is -0.371 e. The highest BCUT2D eigenvalue weighted by Crippen LogP contribution is 2.38. The Morgan fingerprint density at radius 3 is 2.76 bits per heavy atom. The summed E-state index contributed by atoms with van der Waals surface area (Å²) in [5.74, 6) is 0. The summed E-state index contributed by atoms with van der Waals surface area (Å²) in [4.78, 5) is 11.3. The number of halogens is 2. The summed E-state index contributed by atoms with van der Waals surface area (Å²) in [7, 11) is 0. The van der Waals surface area contributed by atoms with Gasteiger partial charge >= 0.3 is 0 Å². The summed E-state index contributed by atoms with van der Waals surface area (Å²) in [6.45, 7) is 2.15. The molecule has 2 rings (SSSR count). The average Bonchev–Trinajstić information content (AvgIpc) is 2.62. The molecule has 0 aliphatic carbocycles. The van der Waals surface area contributed by atoms with Crippen LogP contribution in [0.3, 0.4) is 0 Å². The Hall–Kier alpha value is 0.550. The van der Waals surface area contributed by atoms with Crippen LogP contribution in [0, 0.1) is 0 Å². The van der Waals surface area contributed by atoms with Crippen molar-refractivity contribution in [2.45, 2.75) is 66.7 Å². The lowest BCUT2D eigenvalue weighted by Crippen LogP contribution is -2.37. The third kappa shape index (κ3) is 3.11. The van der Waals surface area contributed by atoms with E-state index in [-0.39, 0.29) is 24.4 Å². The summed E-state index contributed by atoms with van der Waals surface area (Å²) in [5, 5.41) is 0. The predicted octanol–water partition coefficient (Wildman–Crippen LogP) is 2.83. The fraction of sp³-hybridized carbons (Fsp3) is 0.917. The Bertz CT molecular complexity index is 274. The van der Waals surface area contributed by atoms with Crippen LogP contribution in [-0.4, -0.2) is 40.4 Å². The molecule has 2 heterocycles. The standard InChI is InChI=1S/C12H18Br2O3/c1-2-7(13)10-5-8(14)11-6-12(17-10)9(16-11)3-4-15/h4,7-12H,2-3,5-6H2,1H3/t7-,8+,9+,10+,11+,12+/m0/s1. The zero-order chi connectivity index (χ0) is 12.4. The molecule has 2 aliphatic rings. The van der Waals surface area contributed by atoms with E-state index in [0.717, 1.165) is 25.5 Å². The first-order valence-corrected chi connectivity index (χ1v) is 8.01. The highest BCUT2D eigenvalue weighted by atomic mass is 79.9. The van der Waals surface area contributed by atoms with Crippen molar-refractivity contribution in [1.29, 1.82) is 0 Å². The molecule has 0 spiro atoms.